The van der Waals surface area contributed by atoms with Gasteiger partial charge in [0, 0.05) is 19.1 Å². The molecule has 3 nitrogen and oxygen atoms in total. The van der Waals surface area contributed by atoms with Crippen molar-refractivity contribution in [3.05, 3.63) is 35.6 Å². The highest BCUT2D eigenvalue weighted by molar-refractivity contribution is 5.82. The van der Waals surface area contributed by atoms with Gasteiger partial charge < -0.3 is 10.6 Å². The van der Waals surface area contributed by atoms with Crippen LogP contribution >= 0.6 is 0 Å². The van der Waals surface area contributed by atoms with Crippen molar-refractivity contribution >= 4 is 5.91 Å². The summed E-state index contributed by atoms with van der Waals surface area (Å²) in [5.41, 5.74) is 5.94. The van der Waals surface area contributed by atoms with Crippen LogP contribution in [-0.2, 0) is 11.3 Å². The number of hydrogen-bond donors (Lipinski definition) is 1. The number of carbonyl (C=O) groups excluding carboxylic acids is 1. The van der Waals surface area contributed by atoms with Crippen LogP contribution < -0.4 is 5.73 Å². The maximum absolute atomic E-state index is 13.2. The van der Waals surface area contributed by atoms with E-state index in [-0.39, 0.29) is 11.7 Å². The summed E-state index contributed by atoms with van der Waals surface area (Å²) in [7, 11) is 0. The monoisotopic (exact) mass is 264 g/mol. The summed E-state index contributed by atoms with van der Waals surface area (Å²) in [6.07, 6.45) is 2.06. The molecule has 1 fully saturated rings. The molecular weight excluding hydrogens is 243 g/mol. The van der Waals surface area contributed by atoms with Crippen LogP contribution in [0.25, 0.3) is 0 Å². The maximum atomic E-state index is 13.2. The molecule has 0 unspecified atom stereocenters. The fraction of sp³-hybridized carbons (Fsp3) is 0.533. The molecule has 0 aromatic heterocycles. The van der Waals surface area contributed by atoms with Gasteiger partial charge in [-0.2, -0.15) is 0 Å². The Morgan fingerprint density at radius 3 is 2.68 bits per heavy atom. The van der Waals surface area contributed by atoms with Crippen molar-refractivity contribution in [2.45, 2.75) is 39.3 Å². The van der Waals surface area contributed by atoms with Crippen LogP contribution in [0, 0.1) is 11.2 Å². The Balaban J connectivity index is 2.15. The van der Waals surface area contributed by atoms with Crippen LogP contribution in [0.2, 0.25) is 0 Å². The molecule has 1 saturated carbocycles. The van der Waals surface area contributed by atoms with Crippen molar-refractivity contribution in [3.8, 4) is 0 Å². The van der Waals surface area contributed by atoms with Crippen LogP contribution in [0.3, 0.4) is 0 Å². The number of carbonyl (C=O) groups is 1. The quantitative estimate of drug-likeness (QED) is 0.887. The molecule has 0 atom stereocenters. The minimum Gasteiger partial charge on any atom is -0.335 e. The zero-order valence-electron chi connectivity index (χ0n) is 11.5. The van der Waals surface area contributed by atoms with E-state index in [4.69, 9.17) is 5.73 Å². The lowest BCUT2D eigenvalue weighted by molar-refractivity contribution is -0.141. The number of benzene rings is 1. The van der Waals surface area contributed by atoms with E-state index >= 15 is 0 Å². The first-order chi connectivity index (χ1) is 8.94. The molecule has 2 rings (SSSR count). The van der Waals surface area contributed by atoms with Crippen molar-refractivity contribution in [3.63, 3.8) is 0 Å². The van der Waals surface area contributed by atoms with E-state index in [1.54, 1.807) is 6.07 Å². The van der Waals surface area contributed by atoms with Gasteiger partial charge in [-0.25, -0.2) is 4.39 Å². The average molecular weight is 264 g/mol. The summed E-state index contributed by atoms with van der Waals surface area (Å²) in [5.74, 6) is -0.208. The van der Waals surface area contributed by atoms with E-state index < -0.39 is 5.41 Å². The van der Waals surface area contributed by atoms with Gasteiger partial charge in [-0.15, -0.1) is 0 Å². The Hall–Kier alpha value is -1.42. The predicted molar refractivity (Wildman–Crippen MR) is 72.8 cm³/mol. The first-order valence-electron chi connectivity index (χ1n) is 6.69. The molecule has 19 heavy (non-hydrogen) atoms. The standard InChI is InChI=1S/C15H21FN2O/c1-15(2,10-17)14(19)18(13-6-7-13)9-11-4-3-5-12(16)8-11/h3-5,8,13H,6-7,9-10,17H2,1-2H3. The second-order valence-electron chi connectivity index (χ2n) is 5.88. The molecule has 1 aromatic rings. The van der Waals surface area contributed by atoms with Gasteiger partial charge in [0.15, 0.2) is 0 Å². The van der Waals surface area contributed by atoms with Gasteiger partial charge in [-0.3, -0.25) is 4.79 Å². The van der Waals surface area contributed by atoms with Crippen LogP contribution in [0.4, 0.5) is 4.39 Å². The number of amides is 1. The van der Waals surface area contributed by atoms with Crippen molar-refractivity contribution in [1.29, 1.82) is 0 Å². The second kappa shape index (κ2) is 5.29. The van der Waals surface area contributed by atoms with Crippen LogP contribution in [0.5, 0.6) is 0 Å². The number of halogens is 1. The minimum absolute atomic E-state index is 0.0572. The molecule has 0 heterocycles. The Labute approximate surface area is 113 Å². The van der Waals surface area contributed by atoms with Crippen molar-refractivity contribution < 1.29 is 9.18 Å². The molecule has 1 aliphatic carbocycles. The molecule has 1 aliphatic rings. The number of hydrogen-bond acceptors (Lipinski definition) is 2. The van der Waals surface area contributed by atoms with E-state index in [1.165, 1.54) is 12.1 Å². The van der Waals surface area contributed by atoms with Crippen LogP contribution in [0.1, 0.15) is 32.3 Å². The Bertz CT molecular complexity index is 469. The summed E-state index contributed by atoms with van der Waals surface area (Å²) in [6.45, 7) is 4.50. The van der Waals surface area contributed by atoms with E-state index in [0.717, 1.165) is 18.4 Å². The number of rotatable bonds is 5. The molecule has 104 valence electrons. The van der Waals surface area contributed by atoms with Gasteiger partial charge in [0.1, 0.15) is 5.82 Å². The van der Waals surface area contributed by atoms with Gasteiger partial charge >= 0.3 is 0 Å². The average Bonchev–Trinajstić information content (AvgIpc) is 3.19. The summed E-state index contributed by atoms with van der Waals surface area (Å²) < 4.78 is 13.2. The molecule has 0 radical (unpaired) electrons. The minimum atomic E-state index is -0.560. The van der Waals surface area contributed by atoms with E-state index in [0.29, 0.717) is 19.1 Å². The molecule has 0 spiro atoms. The topological polar surface area (TPSA) is 46.3 Å². The van der Waals surface area contributed by atoms with Crippen LogP contribution in [-0.4, -0.2) is 23.4 Å². The predicted octanol–water partition coefficient (Wildman–Crippen LogP) is 2.30. The van der Waals surface area contributed by atoms with Crippen molar-refractivity contribution in [2.75, 3.05) is 6.54 Å². The fourth-order valence-corrected chi connectivity index (χ4v) is 2.06. The van der Waals surface area contributed by atoms with Gasteiger partial charge in [-0.1, -0.05) is 12.1 Å². The molecule has 0 saturated heterocycles. The van der Waals surface area contributed by atoms with Crippen molar-refractivity contribution in [2.24, 2.45) is 11.1 Å². The van der Waals surface area contributed by atoms with Gasteiger partial charge in [0.25, 0.3) is 0 Å². The normalized spacial score (nSPS) is 15.4. The Morgan fingerprint density at radius 1 is 1.47 bits per heavy atom. The first kappa shape index (κ1) is 14.0. The third-order valence-corrected chi connectivity index (χ3v) is 3.58. The molecule has 0 bridgehead atoms. The highest BCUT2D eigenvalue weighted by Crippen LogP contribution is 2.32. The molecule has 2 N–H and O–H groups in total. The lowest BCUT2D eigenvalue weighted by atomic mass is 9.91. The largest absolute Gasteiger partial charge is 0.335 e. The van der Waals surface area contributed by atoms with Gasteiger partial charge in [0.2, 0.25) is 5.91 Å². The first-order valence-corrected chi connectivity index (χ1v) is 6.69. The molecule has 4 heteroatoms. The number of nitrogens with two attached hydrogens (primary N) is 1. The summed E-state index contributed by atoms with van der Waals surface area (Å²) in [5, 5.41) is 0. The molecule has 1 amide bonds. The number of nitrogens with zero attached hydrogens (tertiary/aromatic N) is 1. The highest BCUT2D eigenvalue weighted by atomic mass is 19.1. The van der Waals surface area contributed by atoms with Gasteiger partial charge in [0.05, 0.1) is 5.41 Å². The van der Waals surface area contributed by atoms with Crippen LogP contribution in [0.15, 0.2) is 24.3 Å². The molecule has 0 aliphatic heterocycles. The van der Waals surface area contributed by atoms with Crippen molar-refractivity contribution in [1.82, 2.24) is 4.90 Å². The SMILES string of the molecule is CC(C)(CN)C(=O)N(Cc1cccc(F)c1)C1CC1. The van der Waals surface area contributed by atoms with E-state index in [1.807, 2.05) is 24.8 Å². The summed E-state index contributed by atoms with van der Waals surface area (Å²) in [4.78, 5) is 14.4. The van der Waals surface area contributed by atoms with E-state index in [9.17, 15) is 9.18 Å². The summed E-state index contributed by atoms with van der Waals surface area (Å²) in [6, 6.07) is 6.71. The lowest BCUT2D eigenvalue weighted by Gasteiger charge is -2.31. The third kappa shape index (κ3) is 3.32. The van der Waals surface area contributed by atoms with Gasteiger partial charge in [-0.05, 0) is 44.4 Å². The summed E-state index contributed by atoms with van der Waals surface area (Å²) >= 11 is 0. The second-order valence-corrected chi connectivity index (χ2v) is 5.88. The lowest BCUT2D eigenvalue weighted by Crippen LogP contribution is -2.45. The fourth-order valence-electron chi connectivity index (χ4n) is 2.06. The zero-order valence-corrected chi connectivity index (χ0v) is 11.5. The molecule has 1 aromatic carbocycles. The highest BCUT2D eigenvalue weighted by Gasteiger charge is 2.38. The third-order valence-electron chi connectivity index (χ3n) is 3.58. The smallest absolute Gasteiger partial charge is 0.230 e. The Kier molecular flexibility index (Phi) is 3.90. The Morgan fingerprint density at radius 2 is 2.16 bits per heavy atom. The zero-order chi connectivity index (χ0) is 14.0. The maximum Gasteiger partial charge on any atom is 0.230 e. The van der Waals surface area contributed by atoms with E-state index in [2.05, 4.69) is 0 Å². The molecular formula is C15H21FN2O.